The Balaban J connectivity index is 1.97. The fourth-order valence-corrected chi connectivity index (χ4v) is 2.53. The number of carbonyl (C=O) groups excluding carboxylic acids is 1. The Morgan fingerprint density at radius 1 is 1.24 bits per heavy atom. The minimum atomic E-state index is -0.308. The van der Waals surface area contributed by atoms with E-state index in [1.165, 1.54) is 0 Å². The molecule has 1 N–H and O–H groups in total. The maximum Gasteiger partial charge on any atom is 0.277 e. The van der Waals surface area contributed by atoms with E-state index < -0.39 is 0 Å². The second-order valence-electron chi connectivity index (χ2n) is 6.23. The van der Waals surface area contributed by atoms with Gasteiger partial charge in [-0.05, 0) is 54.7 Å². The summed E-state index contributed by atoms with van der Waals surface area (Å²) in [6, 6.07) is 13.3. The smallest absolute Gasteiger partial charge is 0.277 e. The molecule has 1 amide bonds. The summed E-state index contributed by atoms with van der Waals surface area (Å²) in [5, 5.41) is 4.73. The van der Waals surface area contributed by atoms with Crippen LogP contribution in [-0.2, 0) is 4.79 Å². The second kappa shape index (κ2) is 8.67. The van der Waals surface area contributed by atoms with Crippen molar-refractivity contribution >= 4 is 23.2 Å². The van der Waals surface area contributed by atoms with Crippen molar-refractivity contribution in [2.45, 2.75) is 33.6 Å². The van der Waals surface area contributed by atoms with Crippen LogP contribution in [0.3, 0.4) is 0 Å². The highest BCUT2D eigenvalue weighted by Crippen LogP contribution is 2.27. The van der Waals surface area contributed by atoms with Gasteiger partial charge in [-0.2, -0.15) is 5.10 Å². The number of halogens is 1. The summed E-state index contributed by atoms with van der Waals surface area (Å²) in [6.07, 6.45) is 0. The molecule has 0 spiro atoms. The predicted molar refractivity (Wildman–Crippen MR) is 103 cm³/mol. The van der Waals surface area contributed by atoms with E-state index in [1.807, 2.05) is 44.2 Å². The Morgan fingerprint density at radius 3 is 2.68 bits per heavy atom. The van der Waals surface area contributed by atoms with Crippen molar-refractivity contribution in [1.82, 2.24) is 5.43 Å². The molecule has 0 aliphatic heterocycles. The van der Waals surface area contributed by atoms with Gasteiger partial charge < -0.3 is 4.74 Å². The molecule has 0 aliphatic rings. The molecule has 0 heterocycles. The van der Waals surface area contributed by atoms with Gasteiger partial charge >= 0.3 is 0 Å². The normalized spacial score (nSPS) is 11.5. The Morgan fingerprint density at radius 2 is 2.00 bits per heavy atom. The number of benzene rings is 2. The van der Waals surface area contributed by atoms with E-state index in [4.69, 9.17) is 16.3 Å². The van der Waals surface area contributed by atoms with Crippen LogP contribution < -0.4 is 10.2 Å². The zero-order valence-electron chi connectivity index (χ0n) is 15.0. The number of nitrogens with one attached hydrogen (secondary N) is 1. The van der Waals surface area contributed by atoms with E-state index in [9.17, 15) is 4.79 Å². The van der Waals surface area contributed by atoms with Crippen molar-refractivity contribution in [2.75, 3.05) is 6.61 Å². The highest BCUT2D eigenvalue weighted by atomic mass is 35.5. The van der Waals surface area contributed by atoms with Crippen molar-refractivity contribution in [3.63, 3.8) is 0 Å². The third-order valence-corrected chi connectivity index (χ3v) is 3.98. The number of nitrogens with zero attached hydrogens (tertiary/aromatic N) is 1. The maximum atomic E-state index is 12.0. The lowest BCUT2D eigenvalue weighted by molar-refractivity contribution is -0.123. The van der Waals surface area contributed by atoms with Crippen LogP contribution >= 0.6 is 11.6 Å². The molecule has 0 bridgehead atoms. The summed E-state index contributed by atoms with van der Waals surface area (Å²) in [5.41, 5.74) is 6.22. The van der Waals surface area contributed by atoms with Crippen molar-refractivity contribution in [2.24, 2.45) is 5.10 Å². The van der Waals surface area contributed by atoms with E-state index in [-0.39, 0.29) is 12.5 Å². The van der Waals surface area contributed by atoms with Gasteiger partial charge in [0.1, 0.15) is 5.75 Å². The second-order valence-corrected chi connectivity index (χ2v) is 6.66. The van der Waals surface area contributed by atoms with Crippen LogP contribution in [0.15, 0.2) is 47.6 Å². The highest BCUT2D eigenvalue weighted by molar-refractivity contribution is 6.31. The molecule has 0 aliphatic carbocycles. The van der Waals surface area contributed by atoms with Crippen LogP contribution in [0.2, 0.25) is 5.02 Å². The first-order valence-electron chi connectivity index (χ1n) is 8.19. The Kier molecular flexibility index (Phi) is 6.59. The lowest BCUT2D eigenvalue weighted by Gasteiger charge is -2.14. The fraction of sp³-hybridized carbons (Fsp3) is 0.300. The topological polar surface area (TPSA) is 50.7 Å². The van der Waals surface area contributed by atoms with Crippen molar-refractivity contribution < 1.29 is 9.53 Å². The summed E-state index contributed by atoms with van der Waals surface area (Å²) in [7, 11) is 0. The van der Waals surface area contributed by atoms with Crippen LogP contribution in [0, 0.1) is 6.92 Å². The zero-order chi connectivity index (χ0) is 18.4. The van der Waals surface area contributed by atoms with Crippen LogP contribution in [0.4, 0.5) is 0 Å². The van der Waals surface area contributed by atoms with E-state index >= 15 is 0 Å². The number of hydrogen-bond acceptors (Lipinski definition) is 3. The monoisotopic (exact) mass is 358 g/mol. The van der Waals surface area contributed by atoms with Crippen LogP contribution in [0.1, 0.15) is 43.4 Å². The average molecular weight is 359 g/mol. The number of aryl methyl sites for hydroxylation is 1. The molecule has 0 atom stereocenters. The lowest BCUT2D eigenvalue weighted by atomic mass is 10.0. The third-order valence-electron chi connectivity index (χ3n) is 3.74. The van der Waals surface area contributed by atoms with E-state index in [2.05, 4.69) is 24.4 Å². The van der Waals surface area contributed by atoms with Crippen molar-refractivity contribution in [3.05, 3.63) is 64.2 Å². The van der Waals surface area contributed by atoms with Crippen molar-refractivity contribution in [3.8, 4) is 5.75 Å². The van der Waals surface area contributed by atoms with Gasteiger partial charge in [0.05, 0.1) is 5.71 Å². The van der Waals surface area contributed by atoms with Crippen LogP contribution in [0.25, 0.3) is 0 Å². The minimum Gasteiger partial charge on any atom is -0.483 e. The Labute approximate surface area is 153 Å². The number of ether oxygens (including phenoxy) is 1. The molecule has 0 radical (unpaired) electrons. The lowest BCUT2D eigenvalue weighted by Crippen LogP contribution is -2.26. The minimum absolute atomic E-state index is 0.0878. The molecule has 5 heteroatoms. The van der Waals surface area contributed by atoms with Crippen LogP contribution in [0.5, 0.6) is 5.75 Å². The van der Waals surface area contributed by atoms with Gasteiger partial charge in [0, 0.05) is 5.02 Å². The molecule has 2 aromatic carbocycles. The zero-order valence-corrected chi connectivity index (χ0v) is 15.7. The van der Waals surface area contributed by atoms with E-state index in [1.54, 1.807) is 12.1 Å². The molecule has 2 rings (SSSR count). The average Bonchev–Trinajstić information content (AvgIpc) is 2.57. The maximum absolute atomic E-state index is 12.0. The largest absolute Gasteiger partial charge is 0.483 e. The van der Waals surface area contributed by atoms with Gasteiger partial charge in [-0.3, -0.25) is 4.79 Å². The number of hydrazone groups is 1. The van der Waals surface area contributed by atoms with E-state index in [0.717, 1.165) is 22.4 Å². The Bertz CT molecular complexity index is 785. The molecular formula is C20H23ClN2O2. The van der Waals surface area contributed by atoms with Crippen LogP contribution in [-0.4, -0.2) is 18.2 Å². The molecule has 25 heavy (non-hydrogen) atoms. The molecule has 0 aromatic heterocycles. The third kappa shape index (κ3) is 5.61. The van der Waals surface area contributed by atoms with Gasteiger partial charge in [0.25, 0.3) is 5.91 Å². The van der Waals surface area contributed by atoms with Gasteiger partial charge in [-0.1, -0.05) is 49.7 Å². The summed E-state index contributed by atoms with van der Waals surface area (Å²) in [5.74, 6) is 0.750. The number of carbonyl (C=O) groups is 1. The van der Waals surface area contributed by atoms with Gasteiger partial charge in [0.15, 0.2) is 6.61 Å². The number of hydrogen-bond donors (Lipinski definition) is 1. The number of amides is 1. The van der Waals surface area contributed by atoms with E-state index in [0.29, 0.717) is 16.7 Å². The highest BCUT2D eigenvalue weighted by Gasteiger charge is 2.10. The fourth-order valence-electron chi connectivity index (χ4n) is 2.34. The summed E-state index contributed by atoms with van der Waals surface area (Å²) < 4.78 is 5.70. The van der Waals surface area contributed by atoms with Gasteiger partial charge in [0.2, 0.25) is 0 Å². The molecule has 0 saturated carbocycles. The van der Waals surface area contributed by atoms with Gasteiger partial charge in [-0.25, -0.2) is 5.43 Å². The SMILES string of the molecule is C/C(=N\NC(=O)COc1cc(C)ccc1C(C)C)c1cccc(Cl)c1. The standard InChI is InChI=1S/C20H23ClN2O2/c1-13(2)18-9-8-14(3)10-19(18)25-12-20(24)23-22-15(4)16-6-5-7-17(21)11-16/h5-11,13H,12H2,1-4H3,(H,23,24)/b22-15+. The van der Waals surface area contributed by atoms with Crippen molar-refractivity contribution in [1.29, 1.82) is 0 Å². The first-order valence-corrected chi connectivity index (χ1v) is 8.57. The quantitative estimate of drug-likeness (QED) is 0.601. The molecule has 4 nitrogen and oxygen atoms in total. The molecule has 0 fully saturated rings. The number of rotatable bonds is 6. The first kappa shape index (κ1) is 19.0. The Hall–Kier alpha value is -2.33. The molecule has 0 unspecified atom stereocenters. The van der Waals surface area contributed by atoms with Gasteiger partial charge in [-0.15, -0.1) is 0 Å². The summed E-state index contributed by atoms with van der Waals surface area (Å²) >= 11 is 5.96. The molecule has 2 aromatic rings. The first-order chi connectivity index (χ1) is 11.9. The molecule has 0 saturated heterocycles. The predicted octanol–water partition coefficient (Wildman–Crippen LogP) is 4.69. The molecular weight excluding hydrogens is 336 g/mol. The summed E-state index contributed by atoms with van der Waals surface area (Å²) in [6.45, 7) is 7.90. The molecule has 132 valence electrons. The summed E-state index contributed by atoms with van der Waals surface area (Å²) in [4.78, 5) is 12.0.